The largest absolute Gasteiger partial charge is 0.496 e. The molecule has 0 radical (unpaired) electrons. The number of hydrogen-bond acceptors (Lipinski definition) is 3. The van der Waals surface area contributed by atoms with Crippen LogP contribution < -0.4 is 4.74 Å². The van der Waals surface area contributed by atoms with Gasteiger partial charge in [0.25, 0.3) is 0 Å². The van der Waals surface area contributed by atoms with Crippen molar-refractivity contribution in [1.82, 2.24) is 4.98 Å². The van der Waals surface area contributed by atoms with Gasteiger partial charge in [-0.25, -0.2) is 0 Å². The van der Waals surface area contributed by atoms with Crippen molar-refractivity contribution in [3.05, 3.63) is 27.7 Å². The zero-order valence-corrected chi connectivity index (χ0v) is 11.3. The van der Waals surface area contributed by atoms with E-state index in [-0.39, 0.29) is 11.8 Å². The second-order valence-corrected chi connectivity index (χ2v) is 5.08. The molecule has 3 rings (SSSR count). The van der Waals surface area contributed by atoms with Crippen LogP contribution >= 0.6 is 15.9 Å². The summed E-state index contributed by atoms with van der Waals surface area (Å²) in [6.45, 7) is 0. The van der Waals surface area contributed by atoms with E-state index in [1.807, 2.05) is 12.1 Å². The average Bonchev–Trinajstić information content (AvgIpc) is 2.66. The van der Waals surface area contributed by atoms with Crippen LogP contribution in [-0.4, -0.2) is 22.3 Å². The summed E-state index contributed by atoms with van der Waals surface area (Å²) in [7, 11) is 1.63. The third-order valence-corrected chi connectivity index (χ3v) is 4.25. The zero-order valence-electron chi connectivity index (χ0n) is 9.75. The monoisotopic (exact) mass is 309 g/mol. The predicted molar refractivity (Wildman–Crippen MR) is 71.2 cm³/mol. The molecule has 0 bridgehead atoms. The first-order chi connectivity index (χ1) is 8.63. The number of hydrogen-bond donors (Lipinski definition) is 3. The molecule has 2 aromatic rings. The van der Waals surface area contributed by atoms with Gasteiger partial charge < -0.3 is 14.9 Å². The Kier molecular flexibility index (Phi) is 2.52. The molecule has 0 saturated heterocycles. The summed E-state index contributed by atoms with van der Waals surface area (Å²) in [6, 6.07) is 3.76. The van der Waals surface area contributed by atoms with Gasteiger partial charge in [-0.05, 0) is 46.0 Å². The van der Waals surface area contributed by atoms with Gasteiger partial charge in [-0.2, -0.15) is 0 Å². The van der Waals surface area contributed by atoms with Crippen molar-refractivity contribution in [3.8, 4) is 28.6 Å². The van der Waals surface area contributed by atoms with Gasteiger partial charge in [-0.15, -0.1) is 0 Å². The van der Waals surface area contributed by atoms with E-state index in [0.29, 0.717) is 12.0 Å². The van der Waals surface area contributed by atoms with Crippen LogP contribution in [0.25, 0.3) is 11.1 Å². The topological polar surface area (TPSA) is 65.5 Å². The fourth-order valence-electron chi connectivity index (χ4n) is 2.53. The van der Waals surface area contributed by atoms with Crippen LogP contribution in [0.3, 0.4) is 0 Å². The first-order valence-electron chi connectivity index (χ1n) is 5.62. The van der Waals surface area contributed by atoms with E-state index in [1.165, 1.54) is 0 Å². The molecule has 4 nitrogen and oxygen atoms in total. The van der Waals surface area contributed by atoms with Crippen LogP contribution in [-0.2, 0) is 12.8 Å². The van der Waals surface area contributed by atoms with Crippen LogP contribution in [0.4, 0.5) is 0 Å². The van der Waals surface area contributed by atoms with Crippen molar-refractivity contribution in [1.29, 1.82) is 0 Å². The van der Waals surface area contributed by atoms with Gasteiger partial charge in [-0.1, -0.05) is 6.07 Å². The Bertz CT molecular complexity index is 634. The first kappa shape index (κ1) is 11.5. The second-order valence-electron chi connectivity index (χ2n) is 4.28. The molecule has 94 valence electrons. The predicted octanol–water partition coefficient (Wildman–Crippen LogP) is 2.96. The number of H-pyrrole nitrogens is 1. The van der Waals surface area contributed by atoms with Gasteiger partial charge in [0.2, 0.25) is 0 Å². The quantitative estimate of drug-likeness (QED) is 0.759. The number of halogens is 1. The maximum Gasteiger partial charge on any atom is 0.199 e. The number of aromatic nitrogens is 1. The number of nitrogens with one attached hydrogen (secondary N) is 1. The minimum Gasteiger partial charge on any atom is -0.496 e. The first-order valence-corrected chi connectivity index (χ1v) is 6.41. The normalized spacial score (nSPS) is 13.0. The Morgan fingerprint density at radius 2 is 1.89 bits per heavy atom. The SMILES string of the molecule is COc1ccc2c(c1Br)CCc1c(O)[nH]c(O)c1-2. The fourth-order valence-corrected chi connectivity index (χ4v) is 3.24. The molecule has 1 heterocycles. The highest BCUT2D eigenvalue weighted by Gasteiger charge is 2.27. The molecule has 1 aliphatic rings. The van der Waals surface area contributed by atoms with Crippen LogP contribution in [0.5, 0.6) is 17.5 Å². The van der Waals surface area contributed by atoms with E-state index in [0.717, 1.165) is 33.3 Å². The van der Waals surface area contributed by atoms with E-state index in [2.05, 4.69) is 20.9 Å². The number of rotatable bonds is 1. The molecule has 1 aliphatic carbocycles. The highest BCUT2D eigenvalue weighted by molar-refractivity contribution is 9.10. The Morgan fingerprint density at radius 3 is 2.61 bits per heavy atom. The van der Waals surface area contributed by atoms with Crippen molar-refractivity contribution >= 4 is 15.9 Å². The lowest BCUT2D eigenvalue weighted by atomic mass is 9.87. The van der Waals surface area contributed by atoms with Gasteiger partial charge in [0.1, 0.15) is 5.75 Å². The smallest absolute Gasteiger partial charge is 0.199 e. The summed E-state index contributed by atoms with van der Waals surface area (Å²) in [5, 5.41) is 19.6. The summed E-state index contributed by atoms with van der Waals surface area (Å²) in [6.07, 6.45) is 1.49. The summed E-state index contributed by atoms with van der Waals surface area (Å²) in [4.78, 5) is 2.57. The van der Waals surface area contributed by atoms with Gasteiger partial charge in [0.15, 0.2) is 11.8 Å². The lowest BCUT2D eigenvalue weighted by Crippen LogP contribution is -2.04. The van der Waals surface area contributed by atoms with Crippen molar-refractivity contribution in [3.63, 3.8) is 0 Å². The van der Waals surface area contributed by atoms with Crippen LogP contribution in [0.15, 0.2) is 16.6 Å². The molecule has 0 aliphatic heterocycles. The molecule has 0 amide bonds. The van der Waals surface area contributed by atoms with E-state index < -0.39 is 0 Å². The average molecular weight is 310 g/mol. The molecular weight excluding hydrogens is 298 g/mol. The standard InChI is InChI=1S/C13H12BrNO3/c1-18-9-5-4-6-7(11(9)14)2-3-8-10(6)13(17)15-12(8)16/h4-5,15-17H,2-3H2,1H3. The molecule has 3 N–H and O–H groups in total. The minimum absolute atomic E-state index is 0.0144. The molecule has 5 heteroatoms. The van der Waals surface area contributed by atoms with Crippen molar-refractivity contribution in [2.24, 2.45) is 0 Å². The molecule has 18 heavy (non-hydrogen) atoms. The third-order valence-electron chi connectivity index (χ3n) is 3.38. The molecular formula is C13H12BrNO3. The molecule has 0 unspecified atom stereocenters. The number of aromatic hydroxyl groups is 2. The van der Waals surface area contributed by atoms with E-state index >= 15 is 0 Å². The van der Waals surface area contributed by atoms with Gasteiger partial charge in [0, 0.05) is 5.56 Å². The van der Waals surface area contributed by atoms with Gasteiger partial charge in [-0.3, -0.25) is 4.98 Å². The van der Waals surface area contributed by atoms with E-state index in [9.17, 15) is 10.2 Å². The number of fused-ring (bicyclic) bond motifs is 3. The molecule has 0 saturated carbocycles. The number of benzene rings is 1. The van der Waals surface area contributed by atoms with Gasteiger partial charge in [0.05, 0.1) is 17.1 Å². The summed E-state index contributed by atoms with van der Waals surface area (Å²) in [5.41, 5.74) is 3.49. The van der Waals surface area contributed by atoms with Crippen LogP contribution in [0.2, 0.25) is 0 Å². The molecule has 1 aromatic carbocycles. The zero-order chi connectivity index (χ0) is 12.9. The Morgan fingerprint density at radius 1 is 1.17 bits per heavy atom. The van der Waals surface area contributed by atoms with Gasteiger partial charge >= 0.3 is 0 Å². The van der Waals surface area contributed by atoms with Crippen LogP contribution in [0, 0.1) is 0 Å². The van der Waals surface area contributed by atoms with Crippen molar-refractivity contribution < 1.29 is 14.9 Å². The van der Waals surface area contributed by atoms with Crippen molar-refractivity contribution in [2.45, 2.75) is 12.8 Å². The lowest BCUT2D eigenvalue weighted by molar-refractivity contribution is 0.411. The molecule has 1 aromatic heterocycles. The molecule has 0 atom stereocenters. The summed E-state index contributed by atoms with van der Waals surface area (Å²) < 4.78 is 6.18. The second kappa shape index (κ2) is 3.95. The van der Waals surface area contributed by atoms with E-state index in [4.69, 9.17) is 4.74 Å². The Hall–Kier alpha value is -1.62. The number of aromatic amines is 1. The molecule has 0 spiro atoms. The number of ether oxygens (including phenoxy) is 1. The maximum absolute atomic E-state index is 9.88. The fraction of sp³-hybridized carbons (Fsp3) is 0.231. The van der Waals surface area contributed by atoms with E-state index in [1.54, 1.807) is 7.11 Å². The molecule has 0 fully saturated rings. The van der Waals surface area contributed by atoms with Crippen molar-refractivity contribution in [2.75, 3.05) is 7.11 Å². The Labute approximate surface area is 112 Å². The summed E-state index contributed by atoms with van der Waals surface area (Å²) in [5.74, 6) is 0.844. The third kappa shape index (κ3) is 1.43. The Balaban J connectivity index is 2.28. The number of methoxy groups -OCH3 is 1. The summed E-state index contributed by atoms with van der Waals surface area (Å²) >= 11 is 3.53. The van der Waals surface area contributed by atoms with Crippen LogP contribution in [0.1, 0.15) is 11.1 Å². The highest BCUT2D eigenvalue weighted by atomic mass is 79.9. The highest BCUT2D eigenvalue weighted by Crippen LogP contribution is 2.47. The lowest BCUT2D eigenvalue weighted by Gasteiger charge is -2.19. The minimum atomic E-state index is 0.0144. The maximum atomic E-state index is 9.88.